The third-order valence-electron chi connectivity index (χ3n) is 3.11. The first-order valence-corrected chi connectivity index (χ1v) is 7.73. The van der Waals surface area contributed by atoms with Crippen molar-refractivity contribution in [3.63, 3.8) is 0 Å². The molecule has 0 fully saturated rings. The van der Waals surface area contributed by atoms with Crippen LogP contribution in [0.4, 0.5) is 0 Å². The minimum Gasteiger partial charge on any atom is -0.162 e. The molecule has 0 saturated heterocycles. The van der Waals surface area contributed by atoms with Crippen molar-refractivity contribution < 1.29 is 0 Å². The van der Waals surface area contributed by atoms with Crippen LogP contribution in [0.3, 0.4) is 0 Å². The van der Waals surface area contributed by atoms with Gasteiger partial charge in [0.15, 0.2) is 0 Å². The van der Waals surface area contributed by atoms with Crippen molar-refractivity contribution in [3.05, 3.63) is 54.1 Å². The quantitative estimate of drug-likeness (QED) is 0.595. The average molecular weight is 260 g/mol. The SMILES string of the molecule is C=C(C)CCC(Cc1cccc(C(=C)C)c1)SC. The van der Waals surface area contributed by atoms with Gasteiger partial charge in [0.1, 0.15) is 0 Å². The minimum absolute atomic E-state index is 0.682. The minimum atomic E-state index is 0.682. The molecule has 0 aromatic heterocycles. The van der Waals surface area contributed by atoms with Crippen molar-refractivity contribution in [1.82, 2.24) is 0 Å². The van der Waals surface area contributed by atoms with E-state index in [1.165, 1.54) is 23.1 Å². The van der Waals surface area contributed by atoms with Gasteiger partial charge in [0.25, 0.3) is 0 Å². The maximum Gasteiger partial charge on any atom is 0.00877 e. The Morgan fingerprint density at radius 3 is 2.56 bits per heavy atom. The van der Waals surface area contributed by atoms with Crippen LogP contribution in [0, 0.1) is 0 Å². The molecule has 0 heterocycles. The van der Waals surface area contributed by atoms with E-state index in [-0.39, 0.29) is 0 Å². The van der Waals surface area contributed by atoms with Gasteiger partial charge in [-0.2, -0.15) is 11.8 Å². The molecule has 0 radical (unpaired) electrons. The maximum atomic E-state index is 4.01. The maximum absolute atomic E-state index is 4.01. The molecule has 1 unspecified atom stereocenters. The van der Waals surface area contributed by atoms with Gasteiger partial charge in [-0.25, -0.2) is 0 Å². The Morgan fingerprint density at radius 2 is 2.00 bits per heavy atom. The lowest BCUT2D eigenvalue weighted by molar-refractivity contribution is 0.750. The van der Waals surface area contributed by atoms with Crippen LogP contribution in [0.2, 0.25) is 0 Å². The summed E-state index contributed by atoms with van der Waals surface area (Å²) in [5.74, 6) is 0. The van der Waals surface area contributed by atoms with E-state index in [2.05, 4.69) is 57.5 Å². The van der Waals surface area contributed by atoms with Gasteiger partial charge in [0.2, 0.25) is 0 Å². The normalized spacial score (nSPS) is 12.2. The molecule has 0 aliphatic carbocycles. The molecule has 1 heteroatoms. The van der Waals surface area contributed by atoms with Crippen molar-refractivity contribution in [2.75, 3.05) is 6.26 Å². The van der Waals surface area contributed by atoms with Gasteiger partial charge in [-0.15, -0.1) is 6.58 Å². The summed E-state index contributed by atoms with van der Waals surface area (Å²) in [5.41, 5.74) is 5.09. The summed E-state index contributed by atoms with van der Waals surface area (Å²) in [6.45, 7) is 12.2. The van der Waals surface area contributed by atoms with Crippen LogP contribution in [0.1, 0.15) is 37.8 Å². The molecular formula is C17H24S. The van der Waals surface area contributed by atoms with Crippen molar-refractivity contribution in [2.45, 2.75) is 38.4 Å². The lowest BCUT2D eigenvalue weighted by atomic mass is 10.0. The second kappa shape index (κ2) is 7.48. The smallest absolute Gasteiger partial charge is 0.00877 e. The molecule has 18 heavy (non-hydrogen) atoms. The average Bonchev–Trinajstić information content (AvgIpc) is 2.34. The molecule has 0 amide bonds. The number of hydrogen-bond donors (Lipinski definition) is 0. The summed E-state index contributed by atoms with van der Waals surface area (Å²) in [6, 6.07) is 8.76. The van der Waals surface area contributed by atoms with Crippen molar-refractivity contribution in [3.8, 4) is 0 Å². The van der Waals surface area contributed by atoms with Crippen LogP contribution in [0.5, 0.6) is 0 Å². The van der Waals surface area contributed by atoms with E-state index in [0.717, 1.165) is 18.4 Å². The zero-order chi connectivity index (χ0) is 13.5. The second-order valence-electron chi connectivity index (χ2n) is 5.04. The molecule has 1 rings (SSSR count). The highest BCUT2D eigenvalue weighted by Crippen LogP contribution is 2.22. The third-order valence-corrected chi connectivity index (χ3v) is 4.18. The van der Waals surface area contributed by atoms with Crippen LogP contribution in [0.15, 0.2) is 43.0 Å². The number of hydrogen-bond acceptors (Lipinski definition) is 1. The summed E-state index contributed by atoms with van der Waals surface area (Å²) in [4.78, 5) is 0. The Bertz CT molecular complexity index is 417. The van der Waals surface area contributed by atoms with E-state index in [9.17, 15) is 0 Å². The van der Waals surface area contributed by atoms with Crippen molar-refractivity contribution >= 4 is 17.3 Å². The molecule has 0 spiro atoms. The molecule has 1 aromatic carbocycles. The molecule has 0 aliphatic rings. The fourth-order valence-electron chi connectivity index (χ4n) is 1.94. The topological polar surface area (TPSA) is 0 Å². The predicted molar refractivity (Wildman–Crippen MR) is 86.2 cm³/mol. The number of rotatable bonds is 7. The molecule has 0 N–H and O–H groups in total. The first kappa shape index (κ1) is 15.1. The Balaban J connectivity index is 2.66. The first-order valence-electron chi connectivity index (χ1n) is 6.45. The molecule has 0 saturated carbocycles. The summed E-state index contributed by atoms with van der Waals surface area (Å²) >= 11 is 1.96. The van der Waals surface area contributed by atoms with Crippen LogP contribution in [-0.4, -0.2) is 11.5 Å². The highest BCUT2D eigenvalue weighted by atomic mass is 32.2. The number of thioether (sulfide) groups is 1. The third kappa shape index (κ3) is 5.14. The fraction of sp³-hybridized carbons (Fsp3) is 0.412. The van der Waals surface area contributed by atoms with Crippen LogP contribution in [-0.2, 0) is 6.42 Å². The molecule has 0 bridgehead atoms. The van der Waals surface area contributed by atoms with E-state index < -0.39 is 0 Å². The van der Waals surface area contributed by atoms with E-state index in [1.54, 1.807) is 0 Å². The summed E-state index contributed by atoms with van der Waals surface area (Å²) < 4.78 is 0. The van der Waals surface area contributed by atoms with Gasteiger partial charge in [-0.3, -0.25) is 0 Å². The Morgan fingerprint density at radius 1 is 1.28 bits per heavy atom. The van der Waals surface area contributed by atoms with Gasteiger partial charge in [-0.05, 0) is 50.5 Å². The van der Waals surface area contributed by atoms with Crippen molar-refractivity contribution in [2.24, 2.45) is 0 Å². The van der Waals surface area contributed by atoms with E-state index in [0.29, 0.717) is 5.25 Å². The summed E-state index contributed by atoms with van der Waals surface area (Å²) in [5, 5.41) is 0.682. The van der Waals surface area contributed by atoms with Crippen LogP contribution >= 0.6 is 11.8 Å². The van der Waals surface area contributed by atoms with Crippen LogP contribution in [0.25, 0.3) is 5.57 Å². The Hall–Kier alpha value is -0.950. The Kier molecular flexibility index (Phi) is 6.28. The molecule has 1 aromatic rings. The predicted octanol–water partition coefficient (Wildman–Crippen LogP) is 5.35. The number of allylic oxidation sites excluding steroid dienone is 2. The molecule has 98 valence electrons. The van der Waals surface area contributed by atoms with E-state index in [1.807, 2.05) is 11.8 Å². The van der Waals surface area contributed by atoms with Crippen LogP contribution < -0.4 is 0 Å². The van der Waals surface area contributed by atoms with Gasteiger partial charge in [-0.1, -0.05) is 42.0 Å². The fourth-order valence-corrected chi connectivity index (χ4v) is 2.65. The first-order chi connectivity index (χ1) is 8.52. The van der Waals surface area contributed by atoms with Gasteiger partial charge in [0, 0.05) is 5.25 Å². The van der Waals surface area contributed by atoms with Gasteiger partial charge in [0.05, 0.1) is 0 Å². The lowest BCUT2D eigenvalue weighted by Crippen LogP contribution is -2.07. The second-order valence-corrected chi connectivity index (χ2v) is 6.18. The monoisotopic (exact) mass is 260 g/mol. The zero-order valence-electron chi connectivity index (χ0n) is 11.8. The van der Waals surface area contributed by atoms with E-state index >= 15 is 0 Å². The van der Waals surface area contributed by atoms with Gasteiger partial charge < -0.3 is 0 Å². The molecule has 0 aliphatic heterocycles. The standard InChI is InChI=1S/C17H24S/c1-13(2)9-10-17(18-5)12-15-7-6-8-16(11-15)14(3)4/h6-8,11,17H,1,3,9-10,12H2,2,4-5H3. The Labute approximate surface area is 116 Å². The van der Waals surface area contributed by atoms with E-state index in [4.69, 9.17) is 0 Å². The largest absolute Gasteiger partial charge is 0.162 e. The summed E-state index contributed by atoms with van der Waals surface area (Å²) in [7, 11) is 0. The molecular weight excluding hydrogens is 236 g/mol. The zero-order valence-corrected chi connectivity index (χ0v) is 12.6. The lowest BCUT2D eigenvalue weighted by Gasteiger charge is -2.15. The number of benzene rings is 1. The van der Waals surface area contributed by atoms with Crippen molar-refractivity contribution in [1.29, 1.82) is 0 Å². The highest BCUT2D eigenvalue weighted by molar-refractivity contribution is 7.99. The molecule has 1 atom stereocenters. The van der Waals surface area contributed by atoms with Gasteiger partial charge >= 0.3 is 0 Å². The molecule has 0 nitrogen and oxygen atoms in total. The summed E-state index contributed by atoms with van der Waals surface area (Å²) in [6.07, 6.45) is 5.68. The highest BCUT2D eigenvalue weighted by Gasteiger charge is 2.08.